The van der Waals surface area contributed by atoms with Gasteiger partial charge < -0.3 is 9.47 Å². The van der Waals surface area contributed by atoms with Crippen LogP contribution in [0.25, 0.3) is 0 Å². The van der Waals surface area contributed by atoms with Crippen LogP contribution < -0.4 is 14.9 Å². The van der Waals surface area contributed by atoms with E-state index in [2.05, 4.69) is 5.43 Å². The molecule has 7 nitrogen and oxygen atoms in total. The molecule has 0 unspecified atom stereocenters. The van der Waals surface area contributed by atoms with Crippen molar-refractivity contribution in [1.29, 1.82) is 0 Å². The van der Waals surface area contributed by atoms with Crippen LogP contribution in [0.4, 0.5) is 0 Å². The van der Waals surface area contributed by atoms with Gasteiger partial charge in [-0.2, -0.15) is 5.01 Å². The lowest BCUT2D eigenvalue weighted by Crippen LogP contribution is -2.45. The van der Waals surface area contributed by atoms with E-state index in [1.165, 1.54) is 38.5 Å². The summed E-state index contributed by atoms with van der Waals surface area (Å²) in [7, 11) is 2.92. The van der Waals surface area contributed by atoms with Crippen molar-refractivity contribution in [3.8, 4) is 11.5 Å². The average molecular weight is 326 g/mol. The molecule has 0 saturated carbocycles. The minimum Gasteiger partial charge on any atom is -0.497 e. The summed E-state index contributed by atoms with van der Waals surface area (Å²) in [4.78, 5) is 36.9. The first-order valence-electron chi connectivity index (χ1n) is 7.07. The number of ether oxygens (including phenoxy) is 2. The van der Waals surface area contributed by atoms with E-state index in [4.69, 9.17) is 9.47 Å². The Bertz CT molecular complexity index is 789. The number of benzene rings is 2. The molecule has 2 aromatic carbocycles. The largest absolute Gasteiger partial charge is 0.497 e. The van der Waals surface area contributed by atoms with Crippen molar-refractivity contribution < 1.29 is 23.9 Å². The number of fused-ring (bicyclic) bond motifs is 1. The maximum Gasteiger partial charge on any atom is 0.280 e. The third-order valence-electron chi connectivity index (χ3n) is 3.62. The third-order valence-corrected chi connectivity index (χ3v) is 3.62. The molecule has 1 aliphatic heterocycles. The predicted octanol–water partition coefficient (Wildman–Crippen LogP) is 1.64. The first-order valence-corrected chi connectivity index (χ1v) is 7.07. The van der Waals surface area contributed by atoms with Crippen LogP contribution in [0.15, 0.2) is 42.5 Å². The Morgan fingerprint density at radius 2 is 1.42 bits per heavy atom. The van der Waals surface area contributed by atoms with Gasteiger partial charge in [0.2, 0.25) is 0 Å². The molecule has 1 aliphatic rings. The quantitative estimate of drug-likeness (QED) is 0.864. The topological polar surface area (TPSA) is 84.9 Å². The van der Waals surface area contributed by atoms with Gasteiger partial charge in [-0.1, -0.05) is 12.1 Å². The number of nitrogens with one attached hydrogen (secondary N) is 1. The van der Waals surface area contributed by atoms with E-state index >= 15 is 0 Å². The lowest BCUT2D eigenvalue weighted by Gasteiger charge is -2.15. The first-order chi connectivity index (χ1) is 11.5. The summed E-state index contributed by atoms with van der Waals surface area (Å²) in [5, 5.41) is 0.707. The van der Waals surface area contributed by atoms with Crippen molar-refractivity contribution in [2.24, 2.45) is 0 Å². The zero-order valence-electron chi connectivity index (χ0n) is 13.0. The number of hydrogen-bond acceptors (Lipinski definition) is 5. The van der Waals surface area contributed by atoms with E-state index in [1.807, 2.05) is 0 Å². The van der Waals surface area contributed by atoms with Gasteiger partial charge in [0, 0.05) is 11.6 Å². The number of nitrogens with zero attached hydrogens (tertiary/aromatic N) is 1. The van der Waals surface area contributed by atoms with Crippen molar-refractivity contribution in [2.45, 2.75) is 0 Å². The summed E-state index contributed by atoms with van der Waals surface area (Å²) < 4.78 is 10.2. The Kier molecular flexibility index (Phi) is 3.91. The summed E-state index contributed by atoms with van der Waals surface area (Å²) in [6.45, 7) is 0. The zero-order valence-corrected chi connectivity index (χ0v) is 13.0. The highest BCUT2D eigenvalue weighted by Gasteiger charge is 2.36. The zero-order chi connectivity index (χ0) is 17.3. The molecule has 0 atom stereocenters. The molecule has 1 N–H and O–H groups in total. The second-order valence-electron chi connectivity index (χ2n) is 5.03. The second-order valence-corrected chi connectivity index (χ2v) is 5.03. The Hall–Kier alpha value is -3.35. The molecular weight excluding hydrogens is 312 g/mol. The molecule has 3 amide bonds. The maximum atomic E-state index is 12.4. The Balaban J connectivity index is 1.86. The Morgan fingerprint density at radius 1 is 0.917 bits per heavy atom. The highest BCUT2D eigenvalue weighted by atomic mass is 16.5. The summed E-state index contributed by atoms with van der Waals surface area (Å²) >= 11 is 0. The van der Waals surface area contributed by atoms with Crippen LogP contribution >= 0.6 is 0 Å². The van der Waals surface area contributed by atoms with Gasteiger partial charge >= 0.3 is 0 Å². The van der Waals surface area contributed by atoms with E-state index in [9.17, 15) is 14.4 Å². The number of methoxy groups -OCH3 is 2. The standard InChI is InChI=1S/C17H14N2O5/c1-23-11-7-10(8-12(9-11)24-2)15(20)18-19-16(21)13-5-3-4-6-14(13)17(19)22/h3-9H,1-2H3,(H,18,20). The molecule has 0 fully saturated rings. The number of imide groups is 1. The van der Waals surface area contributed by atoms with Gasteiger partial charge in [-0.25, -0.2) is 0 Å². The fraction of sp³-hybridized carbons (Fsp3) is 0.118. The van der Waals surface area contributed by atoms with Crippen LogP contribution in [-0.2, 0) is 0 Å². The van der Waals surface area contributed by atoms with Crippen LogP contribution in [0, 0.1) is 0 Å². The number of hydrogen-bond donors (Lipinski definition) is 1. The molecule has 3 rings (SSSR count). The number of carbonyl (C=O) groups is 3. The maximum absolute atomic E-state index is 12.4. The van der Waals surface area contributed by atoms with E-state index < -0.39 is 17.7 Å². The number of rotatable bonds is 4. The molecule has 0 bridgehead atoms. The van der Waals surface area contributed by atoms with Crippen molar-refractivity contribution in [3.05, 3.63) is 59.2 Å². The van der Waals surface area contributed by atoms with Gasteiger partial charge in [0.05, 0.1) is 25.3 Å². The SMILES string of the molecule is COc1cc(OC)cc(C(=O)NN2C(=O)c3ccccc3C2=O)c1. The van der Waals surface area contributed by atoms with Crippen molar-refractivity contribution >= 4 is 17.7 Å². The molecule has 2 aromatic rings. The van der Waals surface area contributed by atoms with Gasteiger partial charge in [-0.05, 0) is 24.3 Å². The van der Waals surface area contributed by atoms with Crippen molar-refractivity contribution in [1.82, 2.24) is 10.4 Å². The summed E-state index contributed by atoms with van der Waals surface area (Å²) in [5.74, 6) is -0.928. The van der Waals surface area contributed by atoms with Crippen LogP contribution in [0.1, 0.15) is 31.1 Å². The third kappa shape index (κ3) is 2.56. The average Bonchev–Trinajstić information content (AvgIpc) is 2.86. The van der Waals surface area contributed by atoms with Crippen LogP contribution in [0.5, 0.6) is 11.5 Å². The molecule has 0 radical (unpaired) electrons. The molecule has 24 heavy (non-hydrogen) atoms. The monoisotopic (exact) mass is 326 g/mol. The lowest BCUT2D eigenvalue weighted by atomic mass is 10.1. The highest BCUT2D eigenvalue weighted by molar-refractivity contribution is 6.22. The van der Waals surface area contributed by atoms with Crippen LogP contribution in [0.2, 0.25) is 0 Å². The first kappa shape index (κ1) is 15.5. The van der Waals surface area contributed by atoms with E-state index in [-0.39, 0.29) is 16.7 Å². The Labute approximate surface area is 137 Å². The number of carbonyl (C=O) groups excluding carboxylic acids is 3. The van der Waals surface area contributed by atoms with Crippen molar-refractivity contribution in [2.75, 3.05) is 14.2 Å². The Morgan fingerprint density at radius 3 is 1.88 bits per heavy atom. The second kappa shape index (κ2) is 6.04. The molecule has 0 spiro atoms. The summed E-state index contributed by atoms with van der Waals surface area (Å²) in [6, 6.07) is 11.0. The molecule has 7 heteroatoms. The highest BCUT2D eigenvalue weighted by Crippen LogP contribution is 2.24. The normalized spacial score (nSPS) is 12.8. The molecule has 0 aliphatic carbocycles. The predicted molar refractivity (Wildman–Crippen MR) is 84.0 cm³/mol. The number of hydrazine groups is 1. The van der Waals surface area contributed by atoms with Gasteiger partial charge in [0.25, 0.3) is 17.7 Å². The van der Waals surface area contributed by atoms with Gasteiger partial charge in [-0.15, -0.1) is 0 Å². The number of amides is 3. The molecule has 1 heterocycles. The van der Waals surface area contributed by atoms with Gasteiger partial charge in [0.1, 0.15) is 11.5 Å². The van der Waals surface area contributed by atoms with Gasteiger partial charge in [-0.3, -0.25) is 19.8 Å². The summed E-state index contributed by atoms with van der Waals surface area (Å²) in [6.07, 6.45) is 0. The van der Waals surface area contributed by atoms with Crippen LogP contribution in [0.3, 0.4) is 0 Å². The van der Waals surface area contributed by atoms with Crippen molar-refractivity contribution in [3.63, 3.8) is 0 Å². The van der Waals surface area contributed by atoms with Gasteiger partial charge in [0.15, 0.2) is 0 Å². The fourth-order valence-corrected chi connectivity index (χ4v) is 2.40. The summed E-state index contributed by atoms with van der Waals surface area (Å²) in [5.41, 5.74) is 3.04. The lowest BCUT2D eigenvalue weighted by molar-refractivity contribution is 0.0518. The molecule has 122 valence electrons. The molecule has 0 aromatic heterocycles. The minimum absolute atomic E-state index is 0.197. The van der Waals surface area contributed by atoms with E-state index in [0.717, 1.165) is 0 Å². The van der Waals surface area contributed by atoms with E-state index in [0.29, 0.717) is 16.5 Å². The molecule has 0 saturated heterocycles. The van der Waals surface area contributed by atoms with E-state index in [1.54, 1.807) is 18.2 Å². The fourth-order valence-electron chi connectivity index (χ4n) is 2.40. The molecular formula is C17H14N2O5. The smallest absolute Gasteiger partial charge is 0.280 e. The van der Waals surface area contributed by atoms with Crippen LogP contribution in [-0.4, -0.2) is 37.0 Å². The minimum atomic E-state index is -0.623.